The quantitative estimate of drug-likeness (QED) is 0.705. The van der Waals surface area contributed by atoms with E-state index in [1.807, 2.05) is 45.1 Å². The number of rotatable bonds is 6. The Morgan fingerprint density at radius 1 is 1.24 bits per heavy atom. The number of hydrogen-bond donors (Lipinski definition) is 0. The van der Waals surface area contributed by atoms with Gasteiger partial charge >= 0.3 is 0 Å². The van der Waals surface area contributed by atoms with Crippen molar-refractivity contribution in [1.82, 2.24) is 24.5 Å². The number of carbonyl (C=O) groups excluding carboxylic acids is 1. The Morgan fingerprint density at radius 2 is 2.03 bits per heavy atom. The molecule has 0 N–H and O–H groups in total. The smallest absolute Gasteiger partial charge is 0.254 e. The third-order valence-corrected chi connectivity index (χ3v) is 5.95. The van der Waals surface area contributed by atoms with Crippen molar-refractivity contribution in [2.45, 2.75) is 44.9 Å². The first-order chi connectivity index (χ1) is 13.8. The Labute approximate surface area is 174 Å². The summed E-state index contributed by atoms with van der Waals surface area (Å²) in [6, 6.07) is -0.161. The van der Waals surface area contributed by atoms with E-state index in [4.69, 9.17) is 9.47 Å². The molecule has 0 unspecified atom stereocenters. The fraction of sp³-hybridized carbons (Fsp3) is 0.810. The zero-order chi connectivity index (χ0) is 21.0. The molecule has 3 heterocycles. The number of amides is 1. The number of likely N-dealkylation sites (N-methyl/N-ethyl adjacent to an activating group) is 1. The highest BCUT2D eigenvalue weighted by atomic mass is 16.5. The lowest BCUT2D eigenvalue weighted by molar-refractivity contribution is -0.169. The number of hydrogen-bond acceptors (Lipinski definition) is 6. The second kappa shape index (κ2) is 9.55. The predicted octanol–water partition coefficient (Wildman–Crippen LogP) is 1.14. The fourth-order valence-electron chi connectivity index (χ4n) is 4.41. The van der Waals surface area contributed by atoms with Crippen LogP contribution >= 0.6 is 0 Å². The van der Waals surface area contributed by atoms with Crippen molar-refractivity contribution >= 4 is 5.91 Å². The van der Waals surface area contributed by atoms with Gasteiger partial charge in [0.15, 0.2) is 0 Å². The molecule has 1 aromatic rings. The maximum absolute atomic E-state index is 13.4. The molecule has 2 saturated heterocycles. The molecule has 2 aliphatic rings. The molecule has 29 heavy (non-hydrogen) atoms. The summed E-state index contributed by atoms with van der Waals surface area (Å²) in [5, 5.41) is 4.36. The molecule has 1 amide bonds. The summed E-state index contributed by atoms with van der Waals surface area (Å²) in [7, 11) is 4.08. The van der Waals surface area contributed by atoms with Crippen LogP contribution in [0.1, 0.15) is 38.8 Å². The molecule has 8 heteroatoms. The number of carbonyl (C=O) groups is 1. The Hall–Kier alpha value is -1.48. The number of ether oxygens (including phenoxy) is 2. The van der Waals surface area contributed by atoms with Gasteiger partial charge in [-0.25, -0.2) is 0 Å². The average molecular weight is 408 g/mol. The van der Waals surface area contributed by atoms with Gasteiger partial charge in [0.05, 0.1) is 24.9 Å². The molecule has 2 fully saturated rings. The highest BCUT2D eigenvalue weighted by Gasteiger charge is 2.43. The van der Waals surface area contributed by atoms with Crippen molar-refractivity contribution in [3.05, 3.63) is 18.0 Å². The van der Waals surface area contributed by atoms with Gasteiger partial charge in [0.2, 0.25) is 0 Å². The van der Waals surface area contributed by atoms with Gasteiger partial charge in [0.1, 0.15) is 5.60 Å². The fourth-order valence-corrected chi connectivity index (χ4v) is 4.41. The van der Waals surface area contributed by atoms with Crippen molar-refractivity contribution in [3.8, 4) is 0 Å². The molecule has 0 spiro atoms. The first kappa shape index (κ1) is 22.2. The van der Waals surface area contributed by atoms with Crippen LogP contribution in [0.15, 0.2) is 12.4 Å². The van der Waals surface area contributed by atoms with E-state index in [0.717, 1.165) is 44.7 Å². The monoisotopic (exact) mass is 407 g/mol. The first-order valence-corrected chi connectivity index (χ1v) is 10.8. The number of nitrogens with zero attached hydrogens (tertiary/aromatic N) is 5. The molecule has 0 bridgehead atoms. The van der Waals surface area contributed by atoms with Crippen molar-refractivity contribution in [3.63, 3.8) is 0 Å². The van der Waals surface area contributed by atoms with Crippen LogP contribution in [0.3, 0.4) is 0 Å². The molecular weight excluding hydrogens is 370 g/mol. The Kier molecular flexibility index (Phi) is 7.32. The second-order valence-corrected chi connectivity index (χ2v) is 8.70. The molecule has 0 aliphatic carbocycles. The molecule has 0 radical (unpaired) electrons. The van der Waals surface area contributed by atoms with E-state index >= 15 is 0 Å². The van der Waals surface area contributed by atoms with Gasteiger partial charge < -0.3 is 19.3 Å². The van der Waals surface area contributed by atoms with E-state index < -0.39 is 5.60 Å². The first-order valence-electron chi connectivity index (χ1n) is 10.8. The highest BCUT2D eigenvalue weighted by molar-refractivity contribution is 5.85. The summed E-state index contributed by atoms with van der Waals surface area (Å²) in [5.41, 5.74) is 0.160. The molecule has 0 saturated carbocycles. The largest absolute Gasteiger partial charge is 0.373 e. The molecule has 0 aromatic carbocycles. The van der Waals surface area contributed by atoms with Crippen LogP contribution in [0, 0.1) is 0 Å². The minimum atomic E-state index is -0.859. The third-order valence-electron chi connectivity index (χ3n) is 5.95. The summed E-state index contributed by atoms with van der Waals surface area (Å²) in [4.78, 5) is 20.2. The van der Waals surface area contributed by atoms with Crippen LogP contribution in [-0.2, 0) is 21.3 Å². The summed E-state index contributed by atoms with van der Waals surface area (Å²) >= 11 is 0. The molecule has 2 aliphatic heterocycles. The van der Waals surface area contributed by atoms with Crippen LogP contribution in [-0.4, -0.2) is 102 Å². The van der Waals surface area contributed by atoms with E-state index in [-0.39, 0.29) is 18.1 Å². The van der Waals surface area contributed by atoms with E-state index in [1.54, 1.807) is 4.68 Å². The van der Waals surface area contributed by atoms with Gasteiger partial charge in [-0.3, -0.25) is 14.4 Å². The maximum Gasteiger partial charge on any atom is 0.254 e. The van der Waals surface area contributed by atoms with Gasteiger partial charge in [-0.1, -0.05) is 0 Å². The van der Waals surface area contributed by atoms with Gasteiger partial charge in [0, 0.05) is 51.6 Å². The maximum atomic E-state index is 13.4. The van der Waals surface area contributed by atoms with Crippen LogP contribution < -0.4 is 0 Å². The summed E-state index contributed by atoms with van der Waals surface area (Å²) in [5.74, 6) is 0.0112. The number of aryl methyl sites for hydroxylation is 1. The molecule has 2 atom stereocenters. The van der Waals surface area contributed by atoms with Crippen LogP contribution in [0.25, 0.3) is 0 Å². The van der Waals surface area contributed by atoms with Crippen molar-refractivity contribution in [2.24, 2.45) is 7.05 Å². The normalized spacial score (nSPS) is 25.2. The van der Waals surface area contributed by atoms with Crippen molar-refractivity contribution in [1.29, 1.82) is 0 Å². The zero-order valence-electron chi connectivity index (χ0n) is 18.6. The second-order valence-electron chi connectivity index (χ2n) is 8.70. The van der Waals surface area contributed by atoms with Gasteiger partial charge in [-0.2, -0.15) is 5.10 Å². The van der Waals surface area contributed by atoms with Crippen LogP contribution in [0.2, 0.25) is 0 Å². The van der Waals surface area contributed by atoms with E-state index in [1.165, 1.54) is 0 Å². The van der Waals surface area contributed by atoms with Gasteiger partial charge in [0.25, 0.3) is 5.91 Å². The lowest BCUT2D eigenvalue weighted by Crippen LogP contribution is -2.56. The van der Waals surface area contributed by atoms with Gasteiger partial charge in [-0.15, -0.1) is 0 Å². The number of morpholine rings is 1. The third kappa shape index (κ3) is 5.36. The minimum Gasteiger partial charge on any atom is -0.373 e. The average Bonchev–Trinajstić information content (AvgIpc) is 3.00. The summed E-state index contributed by atoms with van der Waals surface area (Å²) in [6.07, 6.45) is 4.92. The number of aromatic nitrogens is 2. The lowest BCUT2D eigenvalue weighted by Gasteiger charge is -2.44. The Balaban J connectivity index is 1.83. The minimum absolute atomic E-state index is 0.0112. The Morgan fingerprint density at radius 3 is 2.72 bits per heavy atom. The molecule has 3 rings (SSSR count). The molecule has 1 aromatic heterocycles. The van der Waals surface area contributed by atoms with Crippen LogP contribution in [0.5, 0.6) is 0 Å². The molecule has 8 nitrogen and oxygen atoms in total. The van der Waals surface area contributed by atoms with Crippen LogP contribution in [0.4, 0.5) is 0 Å². The van der Waals surface area contributed by atoms with Gasteiger partial charge in [-0.05, 0) is 47.3 Å². The van der Waals surface area contributed by atoms with Crippen molar-refractivity contribution < 1.29 is 14.3 Å². The van der Waals surface area contributed by atoms with E-state index in [2.05, 4.69) is 21.9 Å². The topological polar surface area (TPSA) is 63.1 Å². The highest BCUT2D eigenvalue weighted by Crippen LogP contribution is 2.32. The Bertz CT molecular complexity index is 677. The lowest BCUT2D eigenvalue weighted by atomic mass is 9.97. The predicted molar refractivity (Wildman–Crippen MR) is 112 cm³/mol. The molecule has 164 valence electrons. The molecular formula is C21H37N5O3. The van der Waals surface area contributed by atoms with E-state index in [0.29, 0.717) is 19.8 Å². The van der Waals surface area contributed by atoms with Crippen molar-refractivity contribution in [2.75, 3.05) is 59.5 Å². The summed E-state index contributed by atoms with van der Waals surface area (Å²) in [6.45, 7) is 12.3. The summed E-state index contributed by atoms with van der Waals surface area (Å²) < 4.78 is 13.8. The standard InChI is InChI=1S/C21H37N5O3/c1-6-29-21(2,3)20(27)26-12-13-28-18(19(26)17-14-22-24(5)15-17)16-25-9-7-8-23(4)10-11-25/h14-15,18-19H,6-13,16H2,1-5H3/t18-,19-/m0/s1. The SMILES string of the molecule is CCOC(C)(C)C(=O)N1CCO[C@@H](CN2CCCN(C)CC2)[C@@H]1c1cnn(C)c1. The zero-order valence-corrected chi connectivity index (χ0v) is 18.6. The van der Waals surface area contributed by atoms with E-state index in [9.17, 15) is 4.79 Å².